The van der Waals surface area contributed by atoms with E-state index in [0.29, 0.717) is 29.1 Å². The van der Waals surface area contributed by atoms with E-state index in [2.05, 4.69) is 24.2 Å². The van der Waals surface area contributed by atoms with Crippen LogP contribution in [0.5, 0.6) is 0 Å². The Morgan fingerprint density at radius 1 is 1.00 bits per heavy atom. The fraction of sp³-hybridized carbons (Fsp3) is 0.545. The molecule has 144 valence electrons. The number of carbonyl (C=O) groups excluding carboxylic acids is 1. The van der Waals surface area contributed by atoms with Crippen LogP contribution in [0.25, 0.3) is 11.3 Å². The summed E-state index contributed by atoms with van der Waals surface area (Å²) in [7, 11) is 6.30. The Labute approximate surface area is 161 Å². The number of amides is 1. The first kappa shape index (κ1) is 18.2. The largest absolute Gasteiger partial charge is 0.360 e. The van der Waals surface area contributed by atoms with Gasteiger partial charge in [-0.15, -0.1) is 0 Å². The minimum Gasteiger partial charge on any atom is -0.360 e. The smallest absolute Gasteiger partial charge is 0.259 e. The Morgan fingerprint density at radius 2 is 1.59 bits per heavy atom. The van der Waals surface area contributed by atoms with Crippen molar-refractivity contribution in [3.05, 3.63) is 41.7 Å². The fourth-order valence-electron chi connectivity index (χ4n) is 5.05. The number of aryl methyl sites for hydroxylation is 1. The minimum absolute atomic E-state index is 0.0294. The molecule has 2 saturated carbocycles. The average Bonchev–Trinajstić information content (AvgIpc) is 3.33. The van der Waals surface area contributed by atoms with Gasteiger partial charge >= 0.3 is 0 Å². The van der Waals surface area contributed by atoms with E-state index in [0.717, 1.165) is 30.2 Å². The molecule has 27 heavy (non-hydrogen) atoms. The lowest BCUT2D eigenvalue weighted by Crippen LogP contribution is -2.37. The lowest BCUT2D eigenvalue weighted by atomic mass is 10.0. The number of carbonyl (C=O) groups is 1. The van der Waals surface area contributed by atoms with Crippen LogP contribution in [0.1, 0.15) is 41.8 Å². The highest BCUT2D eigenvalue weighted by Gasteiger charge is 2.44. The van der Waals surface area contributed by atoms with Gasteiger partial charge in [-0.1, -0.05) is 35.5 Å². The zero-order chi connectivity index (χ0) is 19.1. The number of hydrogen-bond acceptors (Lipinski definition) is 4. The molecule has 4 atom stereocenters. The summed E-state index contributed by atoms with van der Waals surface area (Å²) < 4.78 is 5.40. The van der Waals surface area contributed by atoms with Crippen molar-refractivity contribution in [2.24, 2.45) is 11.8 Å². The third-order valence-corrected chi connectivity index (χ3v) is 6.69. The molecule has 2 aromatic rings. The summed E-state index contributed by atoms with van der Waals surface area (Å²) in [6.45, 7) is 1.82. The Kier molecular flexibility index (Phi) is 4.81. The predicted octanol–water partition coefficient (Wildman–Crippen LogP) is 3.84. The monoisotopic (exact) mass is 367 g/mol. The Morgan fingerprint density at radius 3 is 2.19 bits per heavy atom. The highest BCUT2D eigenvalue weighted by Crippen LogP contribution is 2.46. The standard InChI is InChI=1S/C22H29N3O2/c1-14-20(21(23-27-14)15-8-6-5-7-9-15)22(26)25(4)19-12-16-10-18(24(2)3)11-17(16)13-19/h5-9,16-19H,10-13H2,1-4H3/t16-,17+,18?,19?. The molecule has 0 bridgehead atoms. The molecule has 0 N–H and O–H groups in total. The molecule has 5 nitrogen and oxygen atoms in total. The molecule has 2 fully saturated rings. The minimum atomic E-state index is 0.0294. The molecule has 0 radical (unpaired) electrons. The first-order valence-corrected chi connectivity index (χ1v) is 9.91. The second-order valence-corrected chi connectivity index (χ2v) is 8.48. The Balaban J connectivity index is 1.51. The number of nitrogens with zero attached hydrogens (tertiary/aromatic N) is 3. The third-order valence-electron chi connectivity index (χ3n) is 6.69. The van der Waals surface area contributed by atoms with Crippen LogP contribution in [-0.4, -0.2) is 54.1 Å². The summed E-state index contributed by atoms with van der Waals surface area (Å²) in [5.74, 6) is 2.11. The van der Waals surface area contributed by atoms with E-state index >= 15 is 0 Å². The van der Waals surface area contributed by atoms with Gasteiger partial charge in [0.25, 0.3) is 5.91 Å². The topological polar surface area (TPSA) is 49.6 Å². The van der Waals surface area contributed by atoms with Gasteiger partial charge in [0.2, 0.25) is 0 Å². The molecule has 0 spiro atoms. The number of benzene rings is 1. The molecular weight excluding hydrogens is 338 g/mol. The molecule has 1 aromatic carbocycles. The lowest BCUT2D eigenvalue weighted by molar-refractivity contribution is 0.0725. The first-order chi connectivity index (χ1) is 13.0. The van der Waals surface area contributed by atoms with Gasteiger partial charge in [-0.25, -0.2) is 0 Å². The summed E-state index contributed by atoms with van der Waals surface area (Å²) in [4.78, 5) is 17.6. The molecule has 4 rings (SSSR count). The highest BCUT2D eigenvalue weighted by molar-refractivity contribution is 6.00. The van der Waals surface area contributed by atoms with E-state index < -0.39 is 0 Å². The van der Waals surface area contributed by atoms with Crippen LogP contribution < -0.4 is 0 Å². The molecule has 1 heterocycles. The van der Waals surface area contributed by atoms with Crippen molar-refractivity contribution in [3.63, 3.8) is 0 Å². The van der Waals surface area contributed by atoms with Crippen molar-refractivity contribution in [2.45, 2.75) is 44.7 Å². The fourth-order valence-corrected chi connectivity index (χ4v) is 5.05. The third kappa shape index (κ3) is 3.29. The van der Waals surface area contributed by atoms with Crippen LogP contribution in [0.4, 0.5) is 0 Å². The van der Waals surface area contributed by atoms with E-state index in [9.17, 15) is 4.79 Å². The van der Waals surface area contributed by atoms with Crippen LogP contribution in [0.2, 0.25) is 0 Å². The number of hydrogen-bond donors (Lipinski definition) is 0. The van der Waals surface area contributed by atoms with Gasteiger partial charge in [0.15, 0.2) is 0 Å². The first-order valence-electron chi connectivity index (χ1n) is 9.91. The second-order valence-electron chi connectivity index (χ2n) is 8.48. The van der Waals surface area contributed by atoms with Gasteiger partial charge in [0, 0.05) is 24.7 Å². The Bertz CT molecular complexity index is 800. The summed E-state index contributed by atoms with van der Waals surface area (Å²) in [5, 5.41) is 4.17. The zero-order valence-electron chi connectivity index (χ0n) is 16.7. The normalized spacial score (nSPS) is 27.1. The lowest BCUT2D eigenvalue weighted by Gasteiger charge is -2.27. The molecule has 0 aliphatic heterocycles. The van der Waals surface area contributed by atoms with E-state index in [1.165, 1.54) is 12.8 Å². The maximum Gasteiger partial charge on any atom is 0.259 e. The van der Waals surface area contributed by atoms with Gasteiger partial charge in [0.1, 0.15) is 17.0 Å². The highest BCUT2D eigenvalue weighted by atomic mass is 16.5. The van der Waals surface area contributed by atoms with Crippen molar-refractivity contribution in [3.8, 4) is 11.3 Å². The van der Waals surface area contributed by atoms with E-state index in [-0.39, 0.29) is 5.91 Å². The molecular formula is C22H29N3O2. The van der Waals surface area contributed by atoms with Gasteiger partial charge in [-0.3, -0.25) is 4.79 Å². The van der Waals surface area contributed by atoms with Gasteiger partial charge < -0.3 is 14.3 Å². The maximum absolute atomic E-state index is 13.3. The van der Waals surface area contributed by atoms with Gasteiger partial charge in [-0.05, 0) is 58.5 Å². The van der Waals surface area contributed by atoms with Crippen LogP contribution in [-0.2, 0) is 0 Å². The van der Waals surface area contributed by atoms with Crippen molar-refractivity contribution in [2.75, 3.05) is 21.1 Å². The summed E-state index contributed by atoms with van der Waals surface area (Å²) in [5.41, 5.74) is 2.17. The van der Waals surface area contributed by atoms with Gasteiger partial charge in [0.05, 0.1) is 0 Å². The summed E-state index contributed by atoms with van der Waals surface area (Å²) >= 11 is 0. The molecule has 2 aliphatic rings. The van der Waals surface area contributed by atoms with Crippen LogP contribution >= 0.6 is 0 Å². The summed E-state index contributed by atoms with van der Waals surface area (Å²) in [6.07, 6.45) is 4.75. The van der Waals surface area contributed by atoms with Crippen molar-refractivity contribution >= 4 is 5.91 Å². The molecule has 5 heteroatoms. The average molecular weight is 367 g/mol. The van der Waals surface area contributed by atoms with Crippen molar-refractivity contribution < 1.29 is 9.32 Å². The zero-order valence-corrected chi connectivity index (χ0v) is 16.7. The quantitative estimate of drug-likeness (QED) is 0.824. The SMILES string of the molecule is Cc1onc(-c2ccccc2)c1C(=O)N(C)C1C[C@H]2CC(N(C)C)C[C@H]2C1. The number of aromatic nitrogens is 1. The predicted molar refractivity (Wildman–Crippen MR) is 105 cm³/mol. The van der Waals surface area contributed by atoms with Gasteiger partial charge in [-0.2, -0.15) is 0 Å². The molecule has 1 aromatic heterocycles. The van der Waals surface area contributed by atoms with Crippen molar-refractivity contribution in [1.82, 2.24) is 15.0 Å². The molecule has 1 amide bonds. The summed E-state index contributed by atoms with van der Waals surface area (Å²) in [6, 6.07) is 10.8. The number of rotatable bonds is 4. The number of fused-ring (bicyclic) bond motifs is 1. The van der Waals surface area contributed by atoms with Crippen LogP contribution in [0.15, 0.2) is 34.9 Å². The van der Waals surface area contributed by atoms with E-state index in [1.54, 1.807) is 0 Å². The molecule has 2 aliphatic carbocycles. The second kappa shape index (κ2) is 7.12. The van der Waals surface area contributed by atoms with Crippen LogP contribution in [0.3, 0.4) is 0 Å². The maximum atomic E-state index is 13.3. The van der Waals surface area contributed by atoms with E-state index in [4.69, 9.17) is 4.52 Å². The van der Waals surface area contributed by atoms with Crippen LogP contribution in [0, 0.1) is 18.8 Å². The molecule has 2 unspecified atom stereocenters. The van der Waals surface area contributed by atoms with Crippen molar-refractivity contribution in [1.29, 1.82) is 0 Å². The molecule has 0 saturated heterocycles. The van der Waals surface area contributed by atoms with E-state index in [1.807, 2.05) is 49.2 Å². The Hall–Kier alpha value is -2.14.